The number of rotatable bonds is 4. The second-order valence-electron chi connectivity index (χ2n) is 4.49. The fourth-order valence-electron chi connectivity index (χ4n) is 1.96. The summed E-state index contributed by atoms with van der Waals surface area (Å²) in [5.41, 5.74) is 2.14. The largest absolute Gasteiger partial charge is 0.379 e. The van der Waals surface area contributed by atoms with Crippen LogP contribution in [0.4, 0.5) is 5.69 Å². The minimum atomic E-state index is 0.0518. The smallest absolute Gasteiger partial charge is 0.224 e. The van der Waals surface area contributed by atoms with Gasteiger partial charge in [0.25, 0.3) is 0 Å². The number of nitrogens with zero attached hydrogens (tertiary/aromatic N) is 1. The maximum atomic E-state index is 11.2. The quantitative estimate of drug-likeness (QED) is 0.884. The molecule has 0 radical (unpaired) electrons. The van der Waals surface area contributed by atoms with Crippen molar-refractivity contribution >= 4 is 11.6 Å². The summed E-state index contributed by atoms with van der Waals surface area (Å²) >= 11 is 0. The van der Waals surface area contributed by atoms with E-state index in [1.165, 1.54) is 5.56 Å². The maximum Gasteiger partial charge on any atom is 0.224 e. The third-order valence-corrected chi connectivity index (χ3v) is 3.07. The number of carbonyl (C=O) groups is 1. The van der Waals surface area contributed by atoms with E-state index in [2.05, 4.69) is 22.3 Å². The highest BCUT2D eigenvalue weighted by molar-refractivity contribution is 5.90. The van der Waals surface area contributed by atoms with Crippen molar-refractivity contribution in [1.82, 2.24) is 4.90 Å². The van der Waals surface area contributed by atoms with E-state index in [4.69, 9.17) is 4.74 Å². The van der Waals surface area contributed by atoms with E-state index >= 15 is 0 Å². The van der Waals surface area contributed by atoms with E-state index in [-0.39, 0.29) is 5.91 Å². The molecule has 0 atom stereocenters. The molecule has 1 aliphatic rings. The number of carbonyl (C=O) groups excluding carboxylic acids is 1. The zero-order valence-electron chi connectivity index (χ0n) is 10.8. The molecule has 1 aromatic carbocycles. The summed E-state index contributed by atoms with van der Waals surface area (Å²) in [6, 6.07) is 8.06. The minimum Gasteiger partial charge on any atom is -0.379 e. The number of hydrogen-bond acceptors (Lipinski definition) is 3. The highest BCUT2D eigenvalue weighted by Gasteiger charge is 2.10. The first kappa shape index (κ1) is 13.1. The fourth-order valence-corrected chi connectivity index (χ4v) is 1.96. The maximum absolute atomic E-state index is 11.2. The SMILES string of the molecule is CCC(=O)Nc1ccc(CN2CCOCC2)cc1. The van der Waals surface area contributed by atoms with Crippen LogP contribution in [0.25, 0.3) is 0 Å². The van der Waals surface area contributed by atoms with Gasteiger partial charge in [0.05, 0.1) is 13.2 Å². The lowest BCUT2D eigenvalue weighted by Gasteiger charge is -2.26. The van der Waals surface area contributed by atoms with Gasteiger partial charge in [0.2, 0.25) is 5.91 Å². The summed E-state index contributed by atoms with van der Waals surface area (Å²) in [4.78, 5) is 13.6. The van der Waals surface area contributed by atoms with E-state index in [1.807, 2.05) is 19.1 Å². The van der Waals surface area contributed by atoms with Gasteiger partial charge < -0.3 is 10.1 Å². The van der Waals surface area contributed by atoms with Crippen molar-refractivity contribution in [3.63, 3.8) is 0 Å². The normalized spacial score (nSPS) is 16.5. The molecular formula is C14H20N2O2. The van der Waals surface area contributed by atoms with Crippen LogP contribution in [0.2, 0.25) is 0 Å². The Balaban J connectivity index is 1.88. The van der Waals surface area contributed by atoms with E-state index in [9.17, 15) is 4.79 Å². The van der Waals surface area contributed by atoms with Crippen molar-refractivity contribution in [3.05, 3.63) is 29.8 Å². The Labute approximate surface area is 108 Å². The predicted molar refractivity (Wildman–Crippen MR) is 71.5 cm³/mol. The number of hydrogen-bond donors (Lipinski definition) is 1. The second-order valence-corrected chi connectivity index (χ2v) is 4.49. The first-order valence-corrected chi connectivity index (χ1v) is 6.47. The molecule has 4 nitrogen and oxygen atoms in total. The average Bonchev–Trinajstić information content (AvgIpc) is 2.42. The zero-order valence-corrected chi connectivity index (χ0v) is 10.8. The van der Waals surface area contributed by atoms with Gasteiger partial charge in [-0.1, -0.05) is 19.1 Å². The van der Waals surface area contributed by atoms with Crippen LogP contribution in [0.3, 0.4) is 0 Å². The van der Waals surface area contributed by atoms with Crippen molar-refractivity contribution in [2.45, 2.75) is 19.9 Å². The summed E-state index contributed by atoms with van der Waals surface area (Å²) in [6.07, 6.45) is 0.509. The van der Waals surface area contributed by atoms with Crippen LogP contribution in [-0.2, 0) is 16.1 Å². The molecule has 1 saturated heterocycles. The van der Waals surface area contributed by atoms with Crippen molar-refractivity contribution in [2.75, 3.05) is 31.6 Å². The molecule has 0 spiro atoms. The topological polar surface area (TPSA) is 41.6 Å². The molecule has 0 aromatic heterocycles. The van der Waals surface area contributed by atoms with Crippen molar-refractivity contribution in [1.29, 1.82) is 0 Å². The van der Waals surface area contributed by atoms with E-state index in [0.717, 1.165) is 38.5 Å². The summed E-state index contributed by atoms with van der Waals surface area (Å²) in [5, 5.41) is 2.85. The Morgan fingerprint density at radius 1 is 1.28 bits per heavy atom. The highest BCUT2D eigenvalue weighted by atomic mass is 16.5. The Hall–Kier alpha value is -1.39. The molecule has 0 saturated carbocycles. The van der Waals surface area contributed by atoms with E-state index in [1.54, 1.807) is 0 Å². The van der Waals surface area contributed by atoms with E-state index in [0.29, 0.717) is 6.42 Å². The standard InChI is InChI=1S/C14H20N2O2/c1-2-14(17)15-13-5-3-12(4-6-13)11-16-7-9-18-10-8-16/h3-6H,2,7-11H2,1H3,(H,15,17). The van der Waals surface area contributed by atoms with Crippen LogP contribution in [0.5, 0.6) is 0 Å². The molecule has 4 heteroatoms. The van der Waals surface area contributed by atoms with Gasteiger partial charge in [0.1, 0.15) is 0 Å². The molecule has 1 amide bonds. The molecule has 0 aliphatic carbocycles. The highest BCUT2D eigenvalue weighted by Crippen LogP contribution is 2.12. The Bertz CT molecular complexity index is 383. The van der Waals surface area contributed by atoms with Crippen molar-refractivity contribution in [2.24, 2.45) is 0 Å². The Kier molecular flexibility index (Phi) is 4.73. The minimum absolute atomic E-state index is 0.0518. The van der Waals surface area contributed by atoms with Crippen molar-refractivity contribution < 1.29 is 9.53 Å². The molecule has 18 heavy (non-hydrogen) atoms. The molecular weight excluding hydrogens is 228 g/mol. The van der Waals surface area contributed by atoms with Crippen LogP contribution in [0, 0.1) is 0 Å². The van der Waals surface area contributed by atoms with Gasteiger partial charge in [-0.3, -0.25) is 9.69 Å². The Morgan fingerprint density at radius 2 is 1.94 bits per heavy atom. The van der Waals surface area contributed by atoms with Crippen LogP contribution in [0.15, 0.2) is 24.3 Å². The molecule has 1 N–H and O–H groups in total. The predicted octanol–water partition coefficient (Wildman–Crippen LogP) is 1.87. The lowest BCUT2D eigenvalue weighted by atomic mass is 10.2. The molecule has 0 bridgehead atoms. The van der Waals surface area contributed by atoms with Gasteiger partial charge in [0.15, 0.2) is 0 Å². The first-order chi connectivity index (χ1) is 8.78. The average molecular weight is 248 g/mol. The van der Waals surface area contributed by atoms with Crippen LogP contribution in [0.1, 0.15) is 18.9 Å². The molecule has 1 aliphatic heterocycles. The third kappa shape index (κ3) is 3.82. The molecule has 1 heterocycles. The number of morpholine rings is 1. The fraction of sp³-hybridized carbons (Fsp3) is 0.500. The molecule has 0 unspecified atom stereocenters. The summed E-state index contributed by atoms with van der Waals surface area (Å²) in [5.74, 6) is 0.0518. The number of benzene rings is 1. The second kappa shape index (κ2) is 6.52. The van der Waals surface area contributed by atoms with E-state index < -0.39 is 0 Å². The molecule has 1 fully saturated rings. The molecule has 98 valence electrons. The van der Waals surface area contributed by atoms with Crippen LogP contribution >= 0.6 is 0 Å². The monoisotopic (exact) mass is 248 g/mol. The van der Waals surface area contributed by atoms with Gasteiger partial charge in [-0.2, -0.15) is 0 Å². The van der Waals surface area contributed by atoms with Gasteiger partial charge in [-0.25, -0.2) is 0 Å². The number of amides is 1. The zero-order chi connectivity index (χ0) is 12.8. The number of ether oxygens (including phenoxy) is 1. The molecule has 2 rings (SSSR count). The molecule has 1 aromatic rings. The lowest BCUT2D eigenvalue weighted by Crippen LogP contribution is -2.35. The van der Waals surface area contributed by atoms with Gasteiger partial charge in [-0.05, 0) is 17.7 Å². The van der Waals surface area contributed by atoms with Gasteiger partial charge >= 0.3 is 0 Å². The number of nitrogens with one attached hydrogen (secondary N) is 1. The third-order valence-electron chi connectivity index (χ3n) is 3.07. The van der Waals surface area contributed by atoms with Gasteiger partial charge in [0, 0.05) is 31.7 Å². The summed E-state index contributed by atoms with van der Waals surface area (Å²) in [6.45, 7) is 6.44. The summed E-state index contributed by atoms with van der Waals surface area (Å²) < 4.78 is 5.32. The van der Waals surface area contributed by atoms with Gasteiger partial charge in [-0.15, -0.1) is 0 Å². The first-order valence-electron chi connectivity index (χ1n) is 6.47. The number of anilines is 1. The van der Waals surface area contributed by atoms with Crippen molar-refractivity contribution in [3.8, 4) is 0 Å². The van der Waals surface area contributed by atoms with Crippen LogP contribution in [-0.4, -0.2) is 37.1 Å². The summed E-state index contributed by atoms with van der Waals surface area (Å²) in [7, 11) is 0. The Morgan fingerprint density at radius 3 is 2.56 bits per heavy atom. The lowest BCUT2D eigenvalue weighted by molar-refractivity contribution is -0.115. The van der Waals surface area contributed by atoms with Crippen LogP contribution < -0.4 is 5.32 Å².